The number of aromatic nitrogens is 8. The molecule has 532 valence electrons. The lowest BCUT2D eigenvalue weighted by molar-refractivity contribution is 0.669. The summed E-state index contributed by atoms with van der Waals surface area (Å²) in [5.41, 5.74) is 23.6. The Hall–Kier alpha value is -15.7. The molecule has 23 rings (SSSR count). The van der Waals surface area contributed by atoms with Gasteiger partial charge in [-0.25, -0.2) is 39.9 Å². The molecule has 0 unspecified atom stereocenters. The van der Waals surface area contributed by atoms with E-state index >= 15 is 0 Å². The second kappa shape index (κ2) is 27.2. The molecule has 0 aliphatic carbocycles. The lowest BCUT2D eigenvalue weighted by atomic mass is 9.95. The molecule has 0 fully saturated rings. The van der Waals surface area contributed by atoms with Gasteiger partial charge < -0.3 is 17.7 Å². The van der Waals surface area contributed by atoms with E-state index in [1.807, 2.05) is 170 Å². The average molecular weight is 1460 g/mol. The molecule has 0 saturated heterocycles. The van der Waals surface area contributed by atoms with Crippen LogP contribution in [0, 0.1) is 0 Å². The Morgan fingerprint density at radius 1 is 0.149 bits per heavy atom. The maximum atomic E-state index is 6.80. The van der Waals surface area contributed by atoms with Gasteiger partial charge in [-0.3, -0.25) is 0 Å². The lowest BCUT2D eigenvalue weighted by Crippen LogP contribution is -2.00. The number of pyridine rings is 2. The van der Waals surface area contributed by atoms with E-state index in [4.69, 9.17) is 57.5 Å². The molecular formula is C102H60N8O4. The van der Waals surface area contributed by atoms with Crippen molar-refractivity contribution in [2.24, 2.45) is 0 Å². The maximum absolute atomic E-state index is 6.80. The molecule has 8 heterocycles. The first-order chi connectivity index (χ1) is 56.5. The first-order valence-electron chi connectivity index (χ1n) is 37.9. The van der Waals surface area contributed by atoms with Crippen LogP contribution >= 0.6 is 0 Å². The molecule has 0 spiro atoms. The van der Waals surface area contributed by atoms with Gasteiger partial charge in [-0.2, -0.15) is 0 Å². The van der Waals surface area contributed by atoms with Crippen LogP contribution in [0.1, 0.15) is 0 Å². The summed E-state index contributed by atoms with van der Waals surface area (Å²) >= 11 is 0. The highest BCUT2D eigenvalue weighted by Crippen LogP contribution is 2.48. The van der Waals surface area contributed by atoms with Crippen molar-refractivity contribution in [2.45, 2.75) is 0 Å². The van der Waals surface area contributed by atoms with Gasteiger partial charge in [0.15, 0.2) is 34.9 Å². The third kappa shape index (κ3) is 11.3. The molecule has 0 N–H and O–H groups in total. The van der Waals surface area contributed by atoms with Crippen LogP contribution in [-0.4, -0.2) is 39.9 Å². The molecule has 0 saturated carbocycles. The fourth-order valence-corrected chi connectivity index (χ4v) is 16.1. The highest BCUT2D eigenvalue weighted by atomic mass is 16.3. The molecule has 0 bridgehead atoms. The first-order valence-corrected chi connectivity index (χ1v) is 37.9. The Labute approximate surface area is 651 Å². The number of furan rings is 4. The number of benzene rings is 15. The van der Waals surface area contributed by atoms with Crippen molar-refractivity contribution in [3.8, 4) is 124 Å². The summed E-state index contributed by atoms with van der Waals surface area (Å²) in [6, 6.07) is 123. The van der Waals surface area contributed by atoms with Gasteiger partial charge in [-0.15, -0.1) is 0 Å². The molecule has 0 aliphatic rings. The molecule has 0 aliphatic heterocycles. The summed E-state index contributed by atoms with van der Waals surface area (Å²) in [4.78, 5) is 40.5. The van der Waals surface area contributed by atoms with Gasteiger partial charge >= 0.3 is 0 Å². The summed E-state index contributed by atoms with van der Waals surface area (Å²) in [5, 5.41) is 10.2. The number of fused-ring (bicyclic) bond motifs is 16. The second-order valence-electron chi connectivity index (χ2n) is 28.3. The molecule has 0 amide bonds. The van der Waals surface area contributed by atoms with Gasteiger partial charge in [-0.1, -0.05) is 328 Å². The molecular weight excluding hydrogens is 1400 g/mol. The Morgan fingerprint density at radius 3 is 0.754 bits per heavy atom. The predicted molar refractivity (Wildman–Crippen MR) is 459 cm³/mol. The van der Waals surface area contributed by atoms with Crippen molar-refractivity contribution in [1.29, 1.82) is 0 Å². The van der Waals surface area contributed by atoms with Gasteiger partial charge in [0.1, 0.15) is 44.7 Å². The van der Waals surface area contributed by atoms with Crippen LogP contribution in [-0.2, 0) is 0 Å². The van der Waals surface area contributed by atoms with Gasteiger partial charge in [0.25, 0.3) is 0 Å². The van der Waals surface area contributed by atoms with Crippen LogP contribution in [0.2, 0.25) is 0 Å². The average Bonchev–Trinajstić information content (AvgIpc) is 1.45. The van der Waals surface area contributed by atoms with E-state index in [9.17, 15) is 0 Å². The van der Waals surface area contributed by atoms with E-state index in [0.717, 1.165) is 199 Å². The minimum absolute atomic E-state index is 0.590. The number of rotatable bonds is 11. The number of para-hydroxylation sites is 6. The van der Waals surface area contributed by atoms with Gasteiger partial charge in [0.2, 0.25) is 0 Å². The quantitative estimate of drug-likeness (QED) is 0.121. The monoisotopic (exact) mass is 1460 g/mol. The van der Waals surface area contributed by atoms with Crippen LogP contribution in [0.15, 0.2) is 382 Å². The molecule has 12 heteroatoms. The normalized spacial score (nSPS) is 11.7. The molecule has 8 aromatic heterocycles. The van der Waals surface area contributed by atoms with Crippen molar-refractivity contribution >= 4 is 110 Å². The van der Waals surface area contributed by atoms with Crippen molar-refractivity contribution in [3.63, 3.8) is 0 Å². The van der Waals surface area contributed by atoms with Crippen LogP contribution in [0.4, 0.5) is 0 Å². The number of hydrogen-bond acceptors (Lipinski definition) is 12. The summed E-state index contributed by atoms with van der Waals surface area (Å²) in [6.07, 6.45) is 0. The Bertz CT molecular complexity index is 7640. The van der Waals surface area contributed by atoms with E-state index in [1.54, 1.807) is 0 Å². The largest absolute Gasteiger partial charge is 0.455 e. The molecule has 0 atom stereocenters. The zero-order chi connectivity index (χ0) is 75.2. The second-order valence-corrected chi connectivity index (χ2v) is 28.3. The van der Waals surface area contributed by atoms with Crippen LogP contribution in [0.25, 0.3) is 234 Å². The van der Waals surface area contributed by atoms with E-state index in [-0.39, 0.29) is 0 Å². The molecule has 0 radical (unpaired) electrons. The highest BCUT2D eigenvalue weighted by Gasteiger charge is 2.26. The van der Waals surface area contributed by atoms with Gasteiger partial charge in [-0.05, 0) is 58.7 Å². The third-order valence-corrected chi connectivity index (χ3v) is 21.5. The minimum Gasteiger partial charge on any atom is -0.455 e. The standard InChI is InChI=1S/C54H32N4O2.C48H28N4O2/c1-3-13-33(14-4-1)34-25-29-37(30-26-34)53-56-52(36-15-5-2-6-16-36)57-54(58-53)38-31-27-35(28-32-38)49-48-43-18-8-10-24-46(43)60-51(48)47-40(19-12-22-44(47)55-49)42-21-11-20-41-39-17-7-9-23-45(39)59-50(41)42;1-3-13-30(14-4-1)46-50-47(31-15-5-2-6-16-31)52-48(51-46)32-27-25-29(26-28-32)43-42-37-18-8-10-24-40(37)54-45(42)41-34(19-12-22-38(41)49-43)36-21-11-20-35-33-17-7-9-23-39(33)53-44(35)36/h1-32H;1-28H. The number of nitrogens with zero attached hydrogens (tertiary/aromatic N) is 8. The van der Waals surface area contributed by atoms with Gasteiger partial charge in [0, 0.05) is 88.0 Å². The Kier molecular flexibility index (Phi) is 15.6. The van der Waals surface area contributed by atoms with E-state index in [0.29, 0.717) is 34.9 Å². The van der Waals surface area contributed by atoms with Crippen LogP contribution < -0.4 is 0 Å². The third-order valence-electron chi connectivity index (χ3n) is 21.5. The molecule has 23 aromatic rings. The summed E-state index contributed by atoms with van der Waals surface area (Å²) in [7, 11) is 0. The molecule has 12 nitrogen and oxygen atoms in total. The van der Waals surface area contributed by atoms with E-state index < -0.39 is 0 Å². The fraction of sp³-hybridized carbons (Fsp3) is 0. The summed E-state index contributed by atoms with van der Waals surface area (Å²) < 4.78 is 26.6. The van der Waals surface area contributed by atoms with Gasteiger partial charge in [0.05, 0.1) is 44.0 Å². The summed E-state index contributed by atoms with van der Waals surface area (Å²) in [5.74, 6) is 3.67. The molecule has 15 aromatic carbocycles. The topological polar surface area (TPSA) is 156 Å². The predicted octanol–water partition coefficient (Wildman–Crippen LogP) is 26.8. The van der Waals surface area contributed by atoms with E-state index in [1.165, 1.54) is 0 Å². The Morgan fingerprint density at radius 2 is 0.395 bits per heavy atom. The smallest absolute Gasteiger partial charge is 0.164 e. The molecule has 114 heavy (non-hydrogen) atoms. The zero-order valence-corrected chi connectivity index (χ0v) is 60.9. The Balaban J connectivity index is 0.000000140. The summed E-state index contributed by atoms with van der Waals surface area (Å²) in [6.45, 7) is 0. The van der Waals surface area contributed by atoms with Crippen molar-refractivity contribution < 1.29 is 17.7 Å². The number of hydrogen-bond donors (Lipinski definition) is 0. The van der Waals surface area contributed by atoms with Crippen molar-refractivity contribution in [3.05, 3.63) is 364 Å². The van der Waals surface area contributed by atoms with Crippen LogP contribution in [0.3, 0.4) is 0 Å². The van der Waals surface area contributed by atoms with Crippen LogP contribution in [0.5, 0.6) is 0 Å². The first kappa shape index (κ1) is 65.4. The van der Waals surface area contributed by atoms with E-state index in [2.05, 4.69) is 194 Å². The zero-order valence-electron chi connectivity index (χ0n) is 60.9. The maximum Gasteiger partial charge on any atom is 0.164 e. The van der Waals surface area contributed by atoms with Crippen molar-refractivity contribution in [1.82, 2.24) is 39.9 Å². The fourth-order valence-electron chi connectivity index (χ4n) is 16.1. The highest BCUT2D eigenvalue weighted by molar-refractivity contribution is 6.25. The SMILES string of the molecule is c1ccc(-c2ccc(-c3nc(-c4ccccc4)nc(-c4ccc(-c5nc6cccc(-c7cccc8c7oc7ccccc78)c6c6oc7ccccc7c56)cc4)n3)cc2)cc1.c1ccc(-c2nc(-c3ccccc3)nc(-c3ccc(-c4nc5cccc(-c6cccc7c6oc6ccccc67)c5c5oc6ccccc6c45)cc3)n2)cc1. The minimum atomic E-state index is 0.590. The van der Waals surface area contributed by atoms with Crippen molar-refractivity contribution in [2.75, 3.05) is 0 Å². The lowest BCUT2D eigenvalue weighted by Gasteiger charge is -2.12.